The van der Waals surface area contributed by atoms with Crippen LogP contribution in [0, 0.1) is 0 Å². The van der Waals surface area contributed by atoms with Crippen LogP contribution in [-0.4, -0.2) is 34.4 Å². The van der Waals surface area contributed by atoms with Gasteiger partial charge in [-0.2, -0.15) is 0 Å². The van der Waals surface area contributed by atoms with Crippen molar-refractivity contribution in [2.45, 2.75) is 13.8 Å². The molecule has 144 valence electrons. The third kappa shape index (κ3) is 4.10. The van der Waals surface area contributed by atoms with Gasteiger partial charge in [-0.15, -0.1) is 0 Å². The lowest BCUT2D eigenvalue weighted by Crippen LogP contribution is -2.27. The highest BCUT2D eigenvalue weighted by Gasteiger charge is 2.33. The van der Waals surface area contributed by atoms with Crippen LogP contribution < -0.4 is 9.80 Å². The molecule has 2 aromatic carbocycles. The molecule has 0 spiro atoms. The molecule has 1 aliphatic rings. The van der Waals surface area contributed by atoms with Crippen molar-refractivity contribution in [2.75, 3.05) is 22.9 Å². The molecule has 0 saturated carbocycles. The van der Waals surface area contributed by atoms with E-state index in [0.717, 1.165) is 30.0 Å². The Bertz CT molecular complexity index is 933. The maximum atomic E-state index is 12.9. The van der Waals surface area contributed by atoms with Crippen molar-refractivity contribution in [1.29, 1.82) is 0 Å². The van der Waals surface area contributed by atoms with Gasteiger partial charge in [0.05, 0.1) is 16.2 Å². The molecule has 1 N–H and O–H groups in total. The van der Waals surface area contributed by atoms with Crippen LogP contribution in [0.2, 0.25) is 0 Å². The highest BCUT2D eigenvalue weighted by atomic mass is 32.2. The average molecular weight is 413 g/mol. The van der Waals surface area contributed by atoms with Crippen LogP contribution >= 0.6 is 24.0 Å². The zero-order valence-electron chi connectivity index (χ0n) is 15.6. The van der Waals surface area contributed by atoms with E-state index in [9.17, 15) is 9.59 Å². The number of amides is 1. The molecule has 1 heterocycles. The fourth-order valence-corrected chi connectivity index (χ4v) is 4.26. The number of thioether (sulfide) groups is 1. The summed E-state index contributed by atoms with van der Waals surface area (Å²) >= 11 is 6.66. The van der Waals surface area contributed by atoms with E-state index in [2.05, 4.69) is 18.7 Å². The van der Waals surface area contributed by atoms with E-state index in [4.69, 9.17) is 17.3 Å². The summed E-state index contributed by atoms with van der Waals surface area (Å²) in [5.74, 6) is -1.15. The Morgan fingerprint density at radius 2 is 1.71 bits per heavy atom. The van der Waals surface area contributed by atoms with Gasteiger partial charge in [0.25, 0.3) is 5.91 Å². The molecule has 1 fully saturated rings. The summed E-state index contributed by atoms with van der Waals surface area (Å²) in [6.07, 6.45) is 1.73. The van der Waals surface area contributed by atoms with Crippen LogP contribution in [0.25, 0.3) is 6.08 Å². The van der Waals surface area contributed by atoms with Gasteiger partial charge in [0.15, 0.2) is 4.32 Å². The number of nitrogens with zero attached hydrogens (tertiary/aromatic N) is 2. The minimum absolute atomic E-state index is 0.173. The Balaban J connectivity index is 1.82. The Morgan fingerprint density at radius 1 is 1.11 bits per heavy atom. The minimum Gasteiger partial charge on any atom is -0.478 e. The van der Waals surface area contributed by atoms with Gasteiger partial charge in [0, 0.05) is 18.8 Å². The smallest absolute Gasteiger partial charge is 0.335 e. The van der Waals surface area contributed by atoms with Crippen molar-refractivity contribution in [2.24, 2.45) is 0 Å². The SMILES string of the molecule is CCN(CC)c1ccc(N2C(=O)C(=Cc3ccc(C(=O)O)cc3)SC2=S)cc1. The highest BCUT2D eigenvalue weighted by molar-refractivity contribution is 8.27. The van der Waals surface area contributed by atoms with Crippen LogP contribution in [0.4, 0.5) is 11.4 Å². The van der Waals surface area contributed by atoms with E-state index in [1.165, 1.54) is 28.8 Å². The molecule has 0 atom stereocenters. The first kappa shape index (κ1) is 20.1. The zero-order chi connectivity index (χ0) is 20.3. The average Bonchev–Trinajstić information content (AvgIpc) is 2.97. The maximum absolute atomic E-state index is 12.9. The van der Waals surface area contributed by atoms with E-state index in [1.807, 2.05) is 24.3 Å². The monoisotopic (exact) mass is 412 g/mol. The van der Waals surface area contributed by atoms with Gasteiger partial charge in [-0.05, 0) is 61.9 Å². The molecule has 2 aromatic rings. The molecule has 0 unspecified atom stereocenters. The van der Waals surface area contributed by atoms with E-state index in [-0.39, 0.29) is 11.5 Å². The van der Waals surface area contributed by atoms with E-state index in [0.29, 0.717) is 9.23 Å². The van der Waals surface area contributed by atoms with Crippen molar-refractivity contribution in [3.05, 3.63) is 64.6 Å². The second kappa shape index (κ2) is 8.58. The molecule has 3 rings (SSSR count). The predicted octanol–water partition coefficient (Wildman–Crippen LogP) is 4.64. The van der Waals surface area contributed by atoms with Gasteiger partial charge in [-0.1, -0.05) is 36.1 Å². The number of carbonyl (C=O) groups excluding carboxylic acids is 1. The molecule has 1 amide bonds. The zero-order valence-corrected chi connectivity index (χ0v) is 17.2. The molecule has 0 radical (unpaired) electrons. The van der Waals surface area contributed by atoms with Crippen molar-refractivity contribution >= 4 is 57.6 Å². The largest absolute Gasteiger partial charge is 0.478 e. The lowest BCUT2D eigenvalue weighted by molar-refractivity contribution is -0.113. The molecule has 1 saturated heterocycles. The summed E-state index contributed by atoms with van der Waals surface area (Å²) in [5, 5.41) is 8.98. The third-order valence-corrected chi connectivity index (χ3v) is 5.79. The molecule has 1 aliphatic heterocycles. The fourth-order valence-electron chi connectivity index (χ4n) is 2.96. The number of carboxylic acid groups (broad SMARTS) is 1. The number of carbonyl (C=O) groups is 2. The van der Waals surface area contributed by atoms with Crippen molar-refractivity contribution in [1.82, 2.24) is 0 Å². The van der Waals surface area contributed by atoms with Crippen LogP contribution in [0.3, 0.4) is 0 Å². The summed E-state index contributed by atoms with van der Waals surface area (Å²) in [4.78, 5) is 28.1. The number of hydrogen-bond acceptors (Lipinski definition) is 5. The maximum Gasteiger partial charge on any atom is 0.335 e. The fraction of sp³-hybridized carbons (Fsp3) is 0.190. The molecule has 7 heteroatoms. The number of rotatable bonds is 6. The minimum atomic E-state index is -0.981. The quantitative estimate of drug-likeness (QED) is 0.551. The number of carboxylic acids is 1. The second-order valence-corrected chi connectivity index (χ2v) is 7.81. The van der Waals surface area contributed by atoms with Crippen LogP contribution in [0.15, 0.2) is 53.4 Å². The first-order valence-corrected chi connectivity index (χ1v) is 10.1. The van der Waals surface area contributed by atoms with E-state index in [1.54, 1.807) is 18.2 Å². The van der Waals surface area contributed by atoms with Crippen molar-refractivity contribution in [3.8, 4) is 0 Å². The summed E-state index contributed by atoms with van der Waals surface area (Å²) in [6.45, 7) is 6.04. The molecular formula is C21H20N2O3S2. The van der Waals surface area contributed by atoms with Gasteiger partial charge in [0.1, 0.15) is 0 Å². The molecule has 0 aromatic heterocycles. The van der Waals surface area contributed by atoms with Crippen LogP contribution in [0.1, 0.15) is 29.8 Å². The number of benzene rings is 2. The topological polar surface area (TPSA) is 60.9 Å². The Labute approximate surface area is 173 Å². The second-order valence-electron chi connectivity index (χ2n) is 6.13. The predicted molar refractivity (Wildman–Crippen MR) is 119 cm³/mol. The molecule has 28 heavy (non-hydrogen) atoms. The van der Waals surface area contributed by atoms with Gasteiger partial charge >= 0.3 is 5.97 Å². The number of hydrogen-bond donors (Lipinski definition) is 1. The van der Waals surface area contributed by atoms with Gasteiger partial charge < -0.3 is 10.0 Å². The Morgan fingerprint density at radius 3 is 2.25 bits per heavy atom. The molecule has 5 nitrogen and oxygen atoms in total. The van der Waals surface area contributed by atoms with Gasteiger partial charge in [-0.3, -0.25) is 9.69 Å². The highest BCUT2D eigenvalue weighted by Crippen LogP contribution is 2.36. The third-order valence-electron chi connectivity index (χ3n) is 4.49. The standard InChI is InChI=1S/C21H20N2O3S2/c1-3-22(4-2)16-9-11-17(12-10-16)23-19(24)18(28-21(23)27)13-14-5-7-15(8-6-14)20(25)26/h5-13H,3-4H2,1-2H3,(H,25,26). The van der Waals surface area contributed by atoms with Crippen molar-refractivity contribution < 1.29 is 14.7 Å². The van der Waals surface area contributed by atoms with Crippen LogP contribution in [0.5, 0.6) is 0 Å². The first-order valence-electron chi connectivity index (χ1n) is 8.91. The normalized spacial score (nSPS) is 15.4. The van der Waals surface area contributed by atoms with E-state index < -0.39 is 5.97 Å². The molecular weight excluding hydrogens is 392 g/mol. The number of aromatic carboxylic acids is 1. The summed E-state index contributed by atoms with van der Waals surface area (Å²) in [7, 11) is 0. The van der Waals surface area contributed by atoms with Crippen molar-refractivity contribution in [3.63, 3.8) is 0 Å². The molecule has 0 aliphatic carbocycles. The van der Waals surface area contributed by atoms with Crippen LogP contribution in [-0.2, 0) is 4.79 Å². The first-order chi connectivity index (χ1) is 13.4. The van der Waals surface area contributed by atoms with Gasteiger partial charge in [-0.25, -0.2) is 4.79 Å². The summed E-state index contributed by atoms with van der Waals surface area (Å²) in [6, 6.07) is 14.2. The van der Waals surface area contributed by atoms with Gasteiger partial charge in [0.2, 0.25) is 0 Å². The van der Waals surface area contributed by atoms with E-state index >= 15 is 0 Å². The number of thiocarbonyl (C=S) groups is 1. The summed E-state index contributed by atoms with van der Waals surface area (Å²) in [5.41, 5.74) is 2.80. The lowest BCUT2D eigenvalue weighted by atomic mass is 10.1. The Hall–Kier alpha value is -2.64. The lowest BCUT2D eigenvalue weighted by Gasteiger charge is -2.22. The molecule has 0 bridgehead atoms. The number of anilines is 2. The summed E-state index contributed by atoms with van der Waals surface area (Å²) < 4.78 is 0.481. The Kier molecular flexibility index (Phi) is 6.16.